The Morgan fingerprint density at radius 2 is 1.85 bits per heavy atom. The van der Waals surface area contributed by atoms with E-state index in [4.69, 9.17) is 30.7 Å². The van der Waals surface area contributed by atoms with E-state index in [0.717, 1.165) is 4.57 Å². The molecule has 39 heavy (non-hydrogen) atoms. The summed E-state index contributed by atoms with van der Waals surface area (Å²) in [5, 5.41) is 31.3. The van der Waals surface area contributed by atoms with Crippen molar-refractivity contribution in [2.24, 2.45) is 0 Å². The number of aromatic amines is 2. The fraction of sp³-hybridized carbons (Fsp3) is 0.550. The van der Waals surface area contributed by atoms with Gasteiger partial charge in [0.15, 0.2) is 10.9 Å². The summed E-state index contributed by atoms with van der Waals surface area (Å²) >= 11 is 5.11. The van der Waals surface area contributed by atoms with Crippen molar-refractivity contribution in [2.45, 2.75) is 56.3 Å². The molecule has 8 atom stereocenters. The third-order valence-electron chi connectivity index (χ3n) is 6.45. The highest BCUT2D eigenvalue weighted by atomic mass is 32.1. The van der Waals surface area contributed by atoms with Crippen molar-refractivity contribution in [3.63, 3.8) is 0 Å². The number of aromatic nitrogens is 6. The number of ether oxygens (including phenoxy) is 2. The van der Waals surface area contributed by atoms with Gasteiger partial charge in [-0.2, -0.15) is 0 Å². The number of hydrogen-bond donors (Lipinski definition) is 6. The van der Waals surface area contributed by atoms with Crippen molar-refractivity contribution >= 4 is 31.2 Å². The summed E-state index contributed by atoms with van der Waals surface area (Å²) in [6.45, 7) is 0.294. The number of nitrogens with zero attached hydrogens (tertiary/aromatic N) is 4. The van der Waals surface area contributed by atoms with Crippen molar-refractivity contribution in [2.75, 3.05) is 13.2 Å². The minimum Gasteiger partial charge on any atom is -0.390 e. The second-order valence-electron chi connectivity index (χ2n) is 9.07. The Labute approximate surface area is 223 Å². The number of aliphatic hydroxyl groups is 3. The van der Waals surface area contributed by atoms with E-state index in [1.165, 1.54) is 30.3 Å². The van der Waals surface area contributed by atoms with Gasteiger partial charge in [0.05, 0.1) is 32.0 Å². The first-order valence-electron chi connectivity index (χ1n) is 11.6. The fourth-order valence-electron chi connectivity index (χ4n) is 4.37. The molecule has 0 bridgehead atoms. The van der Waals surface area contributed by atoms with Gasteiger partial charge in [-0.3, -0.25) is 28.0 Å². The first kappa shape index (κ1) is 27.9. The number of rotatable bonds is 8. The Kier molecular flexibility index (Phi) is 7.68. The van der Waals surface area contributed by atoms with Gasteiger partial charge in [-0.05, 0) is 6.92 Å². The molecule has 6 N–H and O–H groups in total. The van der Waals surface area contributed by atoms with E-state index in [9.17, 15) is 34.4 Å². The Morgan fingerprint density at radius 3 is 2.59 bits per heavy atom. The van der Waals surface area contributed by atoms with Gasteiger partial charge in [0.25, 0.3) is 5.56 Å². The van der Waals surface area contributed by atoms with Crippen LogP contribution in [0.5, 0.6) is 0 Å². The molecule has 2 aliphatic rings. The van der Waals surface area contributed by atoms with E-state index in [1.807, 2.05) is 0 Å². The Balaban J connectivity index is 1.18. The summed E-state index contributed by atoms with van der Waals surface area (Å²) in [6, 6.07) is 0. The maximum atomic E-state index is 12.5. The fourth-order valence-corrected chi connectivity index (χ4v) is 5.32. The number of aliphatic hydroxyl groups excluding tert-OH is 3. The second-order valence-corrected chi connectivity index (χ2v) is 10.9. The molecule has 0 aliphatic carbocycles. The zero-order chi connectivity index (χ0) is 28.1. The SMILES string of the molecule is Cc1cn(C2CC(O)C(COP(=O)(O)OCC3OC(n4cnc5c(=S)nc[nH]c54)C(O)C3O)O2)c(=O)[nH]c1=O. The van der Waals surface area contributed by atoms with Crippen LogP contribution in [0.1, 0.15) is 24.4 Å². The average Bonchev–Trinajstić information content (AvgIpc) is 3.56. The van der Waals surface area contributed by atoms with Crippen LogP contribution in [0.25, 0.3) is 11.2 Å². The number of phosphoric acid groups is 1. The van der Waals surface area contributed by atoms with E-state index in [0.29, 0.717) is 11.2 Å². The first-order valence-corrected chi connectivity index (χ1v) is 13.5. The lowest BCUT2D eigenvalue weighted by Crippen LogP contribution is -2.34. The molecule has 19 heteroatoms. The molecule has 0 radical (unpaired) electrons. The molecule has 17 nitrogen and oxygen atoms in total. The van der Waals surface area contributed by atoms with E-state index in [2.05, 4.69) is 19.9 Å². The standard InChI is InChI=1S/C20H25N6O11PS/c1-8-3-25(20(31)24-17(8)30)12-2-9(27)10(36-12)4-34-38(32,33)35-5-11-14(28)15(29)19(37-11)26-7-23-13-16(26)21-6-22-18(13)39/h3,6-7,9-12,14-15,19,27-29H,2,4-5H2,1H3,(H,32,33)(H,21,22,39)(H,24,30,31). The first-order chi connectivity index (χ1) is 18.4. The van der Waals surface area contributed by atoms with Crippen molar-refractivity contribution < 1.29 is 43.3 Å². The second kappa shape index (κ2) is 10.7. The third-order valence-corrected chi connectivity index (χ3v) is 7.70. The Morgan fingerprint density at radius 1 is 1.13 bits per heavy atom. The van der Waals surface area contributed by atoms with E-state index in [-0.39, 0.29) is 16.6 Å². The summed E-state index contributed by atoms with van der Waals surface area (Å²) in [5.74, 6) is 0. The zero-order valence-corrected chi connectivity index (χ0v) is 21.9. The van der Waals surface area contributed by atoms with Gasteiger partial charge in [0.1, 0.15) is 41.8 Å². The summed E-state index contributed by atoms with van der Waals surface area (Å²) in [5.41, 5.74) is -0.297. The largest absolute Gasteiger partial charge is 0.472 e. The lowest BCUT2D eigenvalue weighted by Gasteiger charge is -2.20. The predicted molar refractivity (Wildman–Crippen MR) is 131 cm³/mol. The van der Waals surface area contributed by atoms with Gasteiger partial charge in [-0.15, -0.1) is 0 Å². The van der Waals surface area contributed by atoms with Crippen LogP contribution in [0.15, 0.2) is 28.4 Å². The van der Waals surface area contributed by atoms with Crippen LogP contribution in [0, 0.1) is 11.6 Å². The number of H-pyrrole nitrogens is 2. The van der Waals surface area contributed by atoms with Crippen LogP contribution in [-0.2, 0) is 23.1 Å². The van der Waals surface area contributed by atoms with Crippen LogP contribution in [0.2, 0.25) is 0 Å². The van der Waals surface area contributed by atoms with Crippen LogP contribution < -0.4 is 11.2 Å². The van der Waals surface area contributed by atoms with Crippen LogP contribution in [0.3, 0.4) is 0 Å². The summed E-state index contributed by atoms with van der Waals surface area (Å²) in [6.07, 6.45) is -4.53. The molecule has 2 saturated heterocycles. The monoisotopic (exact) mass is 588 g/mol. The highest BCUT2D eigenvalue weighted by Gasteiger charge is 2.45. The van der Waals surface area contributed by atoms with Gasteiger partial charge in [0.2, 0.25) is 0 Å². The molecule has 212 valence electrons. The van der Waals surface area contributed by atoms with Gasteiger partial charge in [-0.1, -0.05) is 12.2 Å². The highest BCUT2D eigenvalue weighted by molar-refractivity contribution is 7.71. The third kappa shape index (κ3) is 5.53. The number of nitrogens with one attached hydrogen (secondary N) is 2. The molecular formula is C20H25N6O11PS. The van der Waals surface area contributed by atoms with E-state index in [1.54, 1.807) is 0 Å². The molecule has 0 amide bonds. The molecule has 8 unspecified atom stereocenters. The molecule has 5 rings (SSSR count). The average molecular weight is 588 g/mol. The molecular weight excluding hydrogens is 563 g/mol. The number of phosphoric ester groups is 1. The summed E-state index contributed by atoms with van der Waals surface area (Å²) < 4.78 is 36.4. The Bertz CT molecular complexity index is 1590. The normalized spacial score (nSPS) is 30.6. The highest BCUT2D eigenvalue weighted by Crippen LogP contribution is 2.45. The van der Waals surface area contributed by atoms with E-state index < -0.39 is 75.3 Å². The molecule has 0 spiro atoms. The molecule has 2 aliphatic heterocycles. The van der Waals surface area contributed by atoms with Crippen LogP contribution in [0.4, 0.5) is 0 Å². The number of imidazole rings is 1. The molecule has 0 aromatic carbocycles. The molecule has 3 aromatic heterocycles. The quantitative estimate of drug-likeness (QED) is 0.133. The molecule has 5 heterocycles. The van der Waals surface area contributed by atoms with Crippen LogP contribution in [-0.4, -0.2) is 93.0 Å². The van der Waals surface area contributed by atoms with E-state index >= 15 is 0 Å². The number of fused-ring (bicyclic) bond motifs is 1. The minimum atomic E-state index is -4.74. The molecule has 3 aromatic rings. The summed E-state index contributed by atoms with van der Waals surface area (Å²) in [4.78, 5) is 46.8. The number of hydrogen-bond acceptors (Lipinski definition) is 13. The molecule has 2 fully saturated rings. The minimum absolute atomic E-state index is 0.0409. The molecule has 0 saturated carbocycles. The van der Waals surface area contributed by atoms with Crippen molar-refractivity contribution in [1.82, 2.24) is 29.1 Å². The topological polar surface area (TPSA) is 236 Å². The smallest absolute Gasteiger partial charge is 0.390 e. The summed E-state index contributed by atoms with van der Waals surface area (Å²) in [7, 11) is -4.74. The lowest BCUT2D eigenvalue weighted by atomic mass is 10.1. The van der Waals surface area contributed by atoms with Gasteiger partial charge >= 0.3 is 13.5 Å². The van der Waals surface area contributed by atoms with Gasteiger partial charge < -0.3 is 34.7 Å². The Hall–Kier alpha value is -2.64. The number of aryl methyl sites for hydroxylation is 1. The van der Waals surface area contributed by atoms with Crippen molar-refractivity contribution in [3.8, 4) is 0 Å². The van der Waals surface area contributed by atoms with Crippen molar-refractivity contribution in [1.29, 1.82) is 0 Å². The van der Waals surface area contributed by atoms with Gasteiger partial charge in [-0.25, -0.2) is 19.3 Å². The van der Waals surface area contributed by atoms with Gasteiger partial charge in [0, 0.05) is 18.2 Å². The zero-order valence-electron chi connectivity index (χ0n) is 20.2. The lowest BCUT2D eigenvalue weighted by molar-refractivity contribution is -0.0597. The van der Waals surface area contributed by atoms with Crippen LogP contribution >= 0.6 is 20.0 Å². The predicted octanol–water partition coefficient (Wildman–Crippen LogP) is -1.25. The maximum Gasteiger partial charge on any atom is 0.472 e. The maximum absolute atomic E-state index is 12.5. The van der Waals surface area contributed by atoms with Crippen molar-refractivity contribution in [3.05, 3.63) is 49.9 Å².